The molecule has 0 rings (SSSR count). The first-order chi connectivity index (χ1) is 17.0. The van der Waals surface area contributed by atoms with Crippen LogP contribution in [0.15, 0.2) is 24.3 Å². The van der Waals surface area contributed by atoms with Crippen LogP contribution in [0.3, 0.4) is 0 Å². The molecule has 0 fully saturated rings. The van der Waals surface area contributed by atoms with E-state index in [4.69, 9.17) is 9.47 Å². The quantitative estimate of drug-likeness (QED) is 0.0805. The summed E-state index contributed by atoms with van der Waals surface area (Å²) < 4.78 is 9.72. The van der Waals surface area contributed by atoms with Crippen molar-refractivity contribution in [3.8, 4) is 0 Å². The standard InChI is InChI=1S/C18H34O2.C13H24O2/c1-3-4-5-6-7-8-9-10-11-12-13-14-15-16-17-20-18(2)19;1-3-4-5-6-7-8-9-10-11-12-15-13(2)14/h12-13H,3-11,14-17H2,1-2H3;7-8H,3-6,9-12H2,1-2H3/b13-12+;8-7-. The lowest BCUT2D eigenvalue weighted by Crippen LogP contribution is -1.99. The molecule has 0 aliphatic rings. The normalized spacial score (nSPS) is 11.0. The number of esters is 2. The molecule has 0 heterocycles. The van der Waals surface area contributed by atoms with Crippen LogP contribution >= 0.6 is 0 Å². The zero-order valence-electron chi connectivity index (χ0n) is 23.8. The highest BCUT2D eigenvalue weighted by atomic mass is 16.5. The van der Waals surface area contributed by atoms with Crippen LogP contribution < -0.4 is 0 Å². The van der Waals surface area contributed by atoms with Crippen LogP contribution in [0.1, 0.15) is 150 Å². The number of allylic oxidation sites excluding steroid dienone is 4. The molecule has 0 aromatic rings. The SMILES string of the molecule is CCCCC/C=C\CCCCOC(C)=O.CCCCCCCCCC/C=C/CCCCOC(C)=O. The van der Waals surface area contributed by atoms with Crippen molar-refractivity contribution in [1.82, 2.24) is 0 Å². The van der Waals surface area contributed by atoms with E-state index in [2.05, 4.69) is 38.2 Å². The van der Waals surface area contributed by atoms with Gasteiger partial charge in [-0.25, -0.2) is 0 Å². The second-order valence-electron chi connectivity index (χ2n) is 9.37. The van der Waals surface area contributed by atoms with Crippen molar-refractivity contribution in [2.24, 2.45) is 0 Å². The number of ether oxygens (including phenoxy) is 2. The van der Waals surface area contributed by atoms with Crippen LogP contribution in [-0.4, -0.2) is 25.2 Å². The van der Waals surface area contributed by atoms with Crippen LogP contribution in [0.25, 0.3) is 0 Å². The number of hydrogen-bond acceptors (Lipinski definition) is 4. The van der Waals surface area contributed by atoms with E-state index >= 15 is 0 Å². The summed E-state index contributed by atoms with van der Waals surface area (Å²) in [5, 5.41) is 0. The summed E-state index contributed by atoms with van der Waals surface area (Å²) in [5.41, 5.74) is 0. The van der Waals surface area contributed by atoms with Gasteiger partial charge in [0.25, 0.3) is 0 Å². The third-order valence-electron chi connectivity index (χ3n) is 5.67. The van der Waals surface area contributed by atoms with Gasteiger partial charge in [-0.05, 0) is 64.2 Å². The zero-order chi connectivity index (χ0) is 26.2. The number of hydrogen-bond donors (Lipinski definition) is 0. The Bertz CT molecular complexity index is 496. The lowest BCUT2D eigenvalue weighted by atomic mass is 10.1. The van der Waals surface area contributed by atoms with Crippen molar-refractivity contribution in [2.45, 2.75) is 150 Å². The van der Waals surface area contributed by atoms with Crippen molar-refractivity contribution < 1.29 is 19.1 Å². The van der Waals surface area contributed by atoms with E-state index in [-0.39, 0.29) is 11.9 Å². The van der Waals surface area contributed by atoms with Gasteiger partial charge in [-0.3, -0.25) is 9.59 Å². The number of carbonyl (C=O) groups excluding carboxylic acids is 2. The molecule has 0 amide bonds. The molecule has 0 N–H and O–H groups in total. The minimum Gasteiger partial charge on any atom is -0.466 e. The molecule has 0 aliphatic carbocycles. The maximum absolute atomic E-state index is 10.5. The number of unbranched alkanes of at least 4 members (excludes halogenated alkanes) is 15. The fourth-order valence-corrected chi connectivity index (χ4v) is 3.54. The minimum atomic E-state index is -0.176. The molecular weight excluding hydrogens is 436 g/mol. The molecule has 0 aliphatic heterocycles. The van der Waals surface area contributed by atoms with E-state index in [0.717, 1.165) is 38.5 Å². The Morgan fingerprint density at radius 3 is 1.11 bits per heavy atom. The summed E-state index contributed by atoms with van der Waals surface area (Å²) in [7, 11) is 0. The molecule has 0 spiro atoms. The van der Waals surface area contributed by atoms with E-state index < -0.39 is 0 Å². The Morgan fingerprint density at radius 2 is 0.743 bits per heavy atom. The van der Waals surface area contributed by atoms with Crippen LogP contribution in [0.4, 0.5) is 0 Å². The molecule has 0 aromatic carbocycles. The van der Waals surface area contributed by atoms with Crippen molar-refractivity contribution in [3.63, 3.8) is 0 Å². The fourth-order valence-electron chi connectivity index (χ4n) is 3.54. The molecule has 0 radical (unpaired) electrons. The van der Waals surface area contributed by atoms with Crippen LogP contribution in [0.5, 0.6) is 0 Å². The number of carbonyl (C=O) groups is 2. The largest absolute Gasteiger partial charge is 0.466 e. The molecule has 0 aromatic heterocycles. The Balaban J connectivity index is 0. The highest BCUT2D eigenvalue weighted by molar-refractivity contribution is 5.66. The van der Waals surface area contributed by atoms with Crippen molar-refractivity contribution >= 4 is 11.9 Å². The first-order valence-electron chi connectivity index (χ1n) is 14.6. The van der Waals surface area contributed by atoms with Crippen LogP contribution in [0, 0.1) is 0 Å². The van der Waals surface area contributed by atoms with E-state index in [1.807, 2.05) is 0 Å². The summed E-state index contributed by atoms with van der Waals surface area (Å²) in [6.45, 7) is 8.54. The molecule has 4 nitrogen and oxygen atoms in total. The summed E-state index contributed by atoms with van der Waals surface area (Å²) in [5.74, 6) is -0.347. The zero-order valence-corrected chi connectivity index (χ0v) is 23.8. The highest BCUT2D eigenvalue weighted by Crippen LogP contribution is 2.10. The van der Waals surface area contributed by atoms with Crippen molar-refractivity contribution in [3.05, 3.63) is 24.3 Å². The van der Waals surface area contributed by atoms with Gasteiger partial charge in [-0.15, -0.1) is 0 Å². The number of rotatable bonds is 23. The van der Waals surface area contributed by atoms with E-state index in [0.29, 0.717) is 13.2 Å². The van der Waals surface area contributed by atoms with Gasteiger partial charge in [0.2, 0.25) is 0 Å². The summed E-state index contributed by atoms with van der Waals surface area (Å²) >= 11 is 0. The van der Waals surface area contributed by atoms with Crippen molar-refractivity contribution in [1.29, 1.82) is 0 Å². The molecule has 0 saturated carbocycles. The first kappa shape index (κ1) is 35.6. The molecule has 0 bridgehead atoms. The average Bonchev–Trinajstić information content (AvgIpc) is 2.83. The third kappa shape index (κ3) is 39.9. The maximum atomic E-state index is 10.5. The Morgan fingerprint density at radius 1 is 0.457 bits per heavy atom. The average molecular weight is 495 g/mol. The maximum Gasteiger partial charge on any atom is 0.302 e. The lowest BCUT2D eigenvalue weighted by molar-refractivity contribution is -0.142. The predicted octanol–water partition coefficient (Wildman–Crippen LogP) is 9.66. The van der Waals surface area contributed by atoms with E-state index in [1.165, 1.54) is 97.3 Å². The van der Waals surface area contributed by atoms with Gasteiger partial charge in [0, 0.05) is 13.8 Å². The third-order valence-corrected chi connectivity index (χ3v) is 5.67. The summed E-state index contributed by atoms with van der Waals surface area (Å²) in [6, 6.07) is 0. The Hall–Kier alpha value is -1.58. The molecule has 4 heteroatoms. The van der Waals surface area contributed by atoms with E-state index in [9.17, 15) is 9.59 Å². The second-order valence-corrected chi connectivity index (χ2v) is 9.37. The molecular formula is C31H58O4. The van der Waals surface area contributed by atoms with Gasteiger partial charge in [-0.1, -0.05) is 95.9 Å². The van der Waals surface area contributed by atoms with Gasteiger partial charge < -0.3 is 9.47 Å². The fraction of sp³-hybridized carbons (Fsp3) is 0.806. The van der Waals surface area contributed by atoms with Gasteiger partial charge in [-0.2, -0.15) is 0 Å². The molecule has 0 saturated heterocycles. The van der Waals surface area contributed by atoms with Crippen LogP contribution in [0.2, 0.25) is 0 Å². The predicted molar refractivity (Wildman–Crippen MR) is 151 cm³/mol. The lowest BCUT2D eigenvalue weighted by Gasteiger charge is -2.00. The smallest absolute Gasteiger partial charge is 0.302 e. The summed E-state index contributed by atoms with van der Waals surface area (Å²) in [6.07, 6.45) is 32.9. The second kappa shape index (κ2) is 32.4. The van der Waals surface area contributed by atoms with Gasteiger partial charge >= 0.3 is 11.9 Å². The van der Waals surface area contributed by atoms with Crippen LogP contribution in [-0.2, 0) is 19.1 Å². The highest BCUT2D eigenvalue weighted by Gasteiger charge is 1.93. The first-order valence-corrected chi connectivity index (χ1v) is 14.6. The monoisotopic (exact) mass is 494 g/mol. The summed E-state index contributed by atoms with van der Waals surface area (Å²) in [4.78, 5) is 21.0. The Labute approximate surface area is 218 Å². The van der Waals surface area contributed by atoms with E-state index in [1.54, 1.807) is 0 Å². The minimum absolute atomic E-state index is 0.171. The van der Waals surface area contributed by atoms with Gasteiger partial charge in [0.1, 0.15) is 0 Å². The topological polar surface area (TPSA) is 52.6 Å². The van der Waals surface area contributed by atoms with Gasteiger partial charge in [0.15, 0.2) is 0 Å². The van der Waals surface area contributed by atoms with Gasteiger partial charge in [0.05, 0.1) is 13.2 Å². The van der Waals surface area contributed by atoms with Crippen molar-refractivity contribution in [2.75, 3.05) is 13.2 Å². The molecule has 0 unspecified atom stereocenters. The molecule has 206 valence electrons. The molecule has 35 heavy (non-hydrogen) atoms. The molecule has 0 atom stereocenters. The Kier molecular flexibility index (Phi) is 33.0.